The van der Waals surface area contributed by atoms with Gasteiger partial charge in [-0.1, -0.05) is 39.0 Å². The van der Waals surface area contributed by atoms with Crippen LogP contribution >= 0.6 is 0 Å². The largest absolute Gasteiger partial charge is 0.399 e. The average Bonchev–Trinajstić information content (AvgIpc) is 2.38. The molecule has 20 heavy (non-hydrogen) atoms. The molecule has 0 spiro atoms. The zero-order chi connectivity index (χ0) is 15.0. The first-order valence-electron chi connectivity index (χ1n) is 6.43. The van der Waals surface area contributed by atoms with E-state index in [1.54, 1.807) is 36.4 Å². The van der Waals surface area contributed by atoms with E-state index in [4.69, 9.17) is 5.73 Å². The van der Waals surface area contributed by atoms with E-state index in [9.17, 15) is 8.42 Å². The second kappa shape index (κ2) is 4.94. The number of anilines is 1. The molecule has 2 rings (SSSR count). The average molecular weight is 289 g/mol. The molecule has 3 nitrogen and oxygen atoms in total. The van der Waals surface area contributed by atoms with Crippen molar-refractivity contribution in [2.45, 2.75) is 36.0 Å². The van der Waals surface area contributed by atoms with E-state index in [2.05, 4.69) is 0 Å². The summed E-state index contributed by atoms with van der Waals surface area (Å²) in [4.78, 5) is 0.626. The Balaban J connectivity index is 2.64. The molecule has 0 aliphatic rings. The van der Waals surface area contributed by atoms with E-state index in [-0.39, 0.29) is 10.3 Å². The van der Waals surface area contributed by atoms with Gasteiger partial charge in [-0.05, 0) is 41.3 Å². The fourth-order valence-electron chi connectivity index (χ4n) is 2.09. The number of benzene rings is 2. The Hall–Kier alpha value is -1.81. The van der Waals surface area contributed by atoms with Crippen LogP contribution in [-0.4, -0.2) is 8.42 Å². The van der Waals surface area contributed by atoms with Gasteiger partial charge in [0.15, 0.2) is 0 Å². The second-order valence-corrected chi connectivity index (χ2v) is 7.74. The molecule has 0 bridgehead atoms. The van der Waals surface area contributed by atoms with Crippen LogP contribution in [0.1, 0.15) is 26.3 Å². The first kappa shape index (κ1) is 14.6. The van der Waals surface area contributed by atoms with Crippen LogP contribution in [0.15, 0.2) is 58.3 Å². The molecule has 4 heteroatoms. The minimum atomic E-state index is -3.53. The van der Waals surface area contributed by atoms with Crippen molar-refractivity contribution >= 4 is 15.5 Å². The molecule has 0 amide bonds. The van der Waals surface area contributed by atoms with E-state index in [0.29, 0.717) is 10.6 Å². The number of hydrogen-bond acceptors (Lipinski definition) is 3. The maximum Gasteiger partial charge on any atom is 0.206 e. The van der Waals surface area contributed by atoms with Gasteiger partial charge in [-0.2, -0.15) is 0 Å². The van der Waals surface area contributed by atoms with Gasteiger partial charge in [0.2, 0.25) is 9.84 Å². The lowest BCUT2D eigenvalue weighted by atomic mass is 9.87. The highest BCUT2D eigenvalue weighted by atomic mass is 32.2. The number of sulfone groups is 1. The van der Waals surface area contributed by atoms with Crippen molar-refractivity contribution in [3.05, 3.63) is 54.1 Å². The Labute approximate surface area is 120 Å². The zero-order valence-electron chi connectivity index (χ0n) is 11.9. The maximum absolute atomic E-state index is 12.8. The molecule has 0 saturated carbocycles. The Bertz CT molecular complexity index is 711. The molecule has 0 unspecified atom stereocenters. The third-order valence-corrected chi connectivity index (χ3v) is 5.00. The summed E-state index contributed by atoms with van der Waals surface area (Å²) in [6, 6.07) is 13.4. The van der Waals surface area contributed by atoms with Crippen LogP contribution < -0.4 is 5.73 Å². The molecule has 0 heterocycles. The van der Waals surface area contributed by atoms with Crippen LogP contribution in [0.5, 0.6) is 0 Å². The Morgan fingerprint density at radius 1 is 0.900 bits per heavy atom. The normalized spacial score (nSPS) is 12.3. The molecule has 2 N–H and O–H groups in total. The summed E-state index contributed by atoms with van der Waals surface area (Å²) in [5.74, 6) is 0. The Morgan fingerprint density at radius 3 is 2.00 bits per heavy atom. The summed E-state index contributed by atoms with van der Waals surface area (Å²) in [7, 11) is -3.53. The van der Waals surface area contributed by atoms with Crippen LogP contribution in [-0.2, 0) is 15.3 Å². The lowest BCUT2D eigenvalue weighted by Crippen LogP contribution is -2.17. The number of rotatable bonds is 2. The van der Waals surface area contributed by atoms with Crippen molar-refractivity contribution < 1.29 is 8.42 Å². The maximum atomic E-state index is 12.8. The van der Waals surface area contributed by atoms with Crippen LogP contribution in [0.25, 0.3) is 0 Å². The van der Waals surface area contributed by atoms with Gasteiger partial charge in [-0.3, -0.25) is 0 Å². The molecule has 0 radical (unpaired) electrons. The van der Waals surface area contributed by atoms with Crippen molar-refractivity contribution in [1.82, 2.24) is 0 Å². The van der Waals surface area contributed by atoms with E-state index in [0.717, 1.165) is 5.56 Å². The number of nitrogens with two attached hydrogens (primary N) is 1. The van der Waals surface area contributed by atoms with Gasteiger partial charge in [-0.25, -0.2) is 8.42 Å². The molecule has 0 saturated heterocycles. The minimum absolute atomic E-state index is 0.239. The highest BCUT2D eigenvalue weighted by molar-refractivity contribution is 7.91. The smallest absolute Gasteiger partial charge is 0.206 e. The van der Waals surface area contributed by atoms with Crippen molar-refractivity contribution in [2.24, 2.45) is 0 Å². The molecule has 0 aliphatic heterocycles. The summed E-state index contributed by atoms with van der Waals surface area (Å²) >= 11 is 0. The van der Waals surface area contributed by atoms with E-state index in [1.165, 1.54) is 0 Å². The third kappa shape index (κ3) is 2.70. The van der Waals surface area contributed by atoms with Gasteiger partial charge in [0.25, 0.3) is 0 Å². The standard InChI is InChI=1S/C16H19NO2S/c1-16(2,3)14-6-4-5-7-15(14)20(18,19)13-10-8-12(17)9-11-13/h4-11H,17H2,1-3H3. The predicted octanol–water partition coefficient (Wildman–Crippen LogP) is 3.40. The van der Waals surface area contributed by atoms with Crippen molar-refractivity contribution in [2.75, 3.05) is 5.73 Å². The lowest BCUT2D eigenvalue weighted by molar-refractivity contribution is 0.561. The molecule has 2 aromatic carbocycles. The van der Waals surface area contributed by atoms with Gasteiger partial charge in [-0.15, -0.1) is 0 Å². The van der Waals surface area contributed by atoms with Gasteiger partial charge >= 0.3 is 0 Å². The Kier molecular flexibility index (Phi) is 3.61. The molecule has 2 aromatic rings. The summed E-state index contributed by atoms with van der Waals surface area (Å²) in [5, 5.41) is 0. The summed E-state index contributed by atoms with van der Waals surface area (Å²) < 4.78 is 25.5. The topological polar surface area (TPSA) is 60.2 Å². The van der Waals surface area contributed by atoms with Gasteiger partial charge in [0.1, 0.15) is 0 Å². The van der Waals surface area contributed by atoms with E-state index < -0.39 is 9.84 Å². The van der Waals surface area contributed by atoms with Gasteiger partial charge in [0, 0.05) is 5.69 Å². The first-order valence-corrected chi connectivity index (χ1v) is 7.91. The summed E-state index contributed by atoms with van der Waals surface area (Å²) in [6.07, 6.45) is 0. The molecular weight excluding hydrogens is 270 g/mol. The minimum Gasteiger partial charge on any atom is -0.399 e. The second-order valence-electron chi connectivity index (χ2n) is 5.82. The first-order chi connectivity index (χ1) is 9.23. The quantitative estimate of drug-likeness (QED) is 0.862. The van der Waals surface area contributed by atoms with E-state index in [1.807, 2.05) is 32.9 Å². The third-order valence-electron chi connectivity index (χ3n) is 3.17. The highest BCUT2D eigenvalue weighted by Crippen LogP contribution is 2.32. The number of nitrogen functional groups attached to an aromatic ring is 1. The highest BCUT2D eigenvalue weighted by Gasteiger charge is 2.26. The fourth-order valence-corrected chi connectivity index (χ4v) is 3.76. The van der Waals surface area contributed by atoms with Crippen molar-refractivity contribution in [1.29, 1.82) is 0 Å². The predicted molar refractivity (Wildman–Crippen MR) is 81.4 cm³/mol. The molecule has 0 atom stereocenters. The SMILES string of the molecule is CC(C)(C)c1ccccc1S(=O)(=O)c1ccc(N)cc1. The lowest BCUT2D eigenvalue weighted by Gasteiger charge is -2.22. The zero-order valence-corrected chi connectivity index (χ0v) is 12.7. The summed E-state index contributed by atoms with van der Waals surface area (Å²) in [6.45, 7) is 6.01. The van der Waals surface area contributed by atoms with Crippen LogP contribution in [0, 0.1) is 0 Å². The van der Waals surface area contributed by atoms with E-state index >= 15 is 0 Å². The van der Waals surface area contributed by atoms with Crippen molar-refractivity contribution in [3.63, 3.8) is 0 Å². The van der Waals surface area contributed by atoms with Gasteiger partial charge in [0.05, 0.1) is 9.79 Å². The molecule has 106 valence electrons. The Morgan fingerprint density at radius 2 is 1.45 bits per heavy atom. The van der Waals surface area contributed by atoms with Crippen LogP contribution in [0.4, 0.5) is 5.69 Å². The van der Waals surface area contributed by atoms with Crippen molar-refractivity contribution in [3.8, 4) is 0 Å². The van der Waals surface area contributed by atoms with Crippen LogP contribution in [0.2, 0.25) is 0 Å². The molecule has 0 aliphatic carbocycles. The molecule has 0 fully saturated rings. The molecular formula is C16H19NO2S. The fraction of sp³-hybridized carbons (Fsp3) is 0.250. The number of hydrogen-bond donors (Lipinski definition) is 1. The van der Waals surface area contributed by atoms with Crippen LogP contribution in [0.3, 0.4) is 0 Å². The molecule has 0 aromatic heterocycles. The van der Waals surface area contributed by atoms with Gasteiger partial charge < -0.3 is 5.73 Å². The summed E-state index contributed by atoms with van der Waals surface area (Å²) in [5.41, 5.74) is 6.74. The monoisotopic (exact) mass is 289 g/mol.